The second kappa shape index (κ2) is 4.29. The first-order chi connectivity index (χ1) is 5.84. The minimum atomic E-state index is -3.15. The molecule has 0 aromatic rings. The van der Waals surface area contributed by atoms with E-state index in [2.05, 4.69) is 6.58 Å². The molecule has 0 saturated carbocycles. The van der Waals surface area contributed by atoms with Crippen LogP contribution in [0.1, 0.15) is 6.42 Å². The maximum atomic E-state index is 12.2. The number of hydrogen-bond acceptors (Lipinski definition) is 3. The van der Waals surface area contributed by atoms with Crippen LogP contribution in [0.2, 0.25) is 0 Å². The number of carbonyl (C=O) groups is 1. The molecule has 13 heavy (non-hydrogen) atoms. The normalized spacial score (nSPS) is 15.5. The average molecular weight is 194 g/mol. The van der Waals surface area contributed by atoms with E-state index in [1.165, 1.54) is 0 Å². The summed E-state index contributed by atoms with van der Waals surface area (Å²) < 4.78 is 24.5. The highest BCUT2D eigenvalue weighted by Crippen LogP contribution is 2.20. The van der Waals surface area contributed by atoms with Crippen molar-refractivity contribution in [1.82, 2.24) is 0 Å². The first-order valence-corrected chi connectivity index (χ1v) is 3.51. The predicted octanol–water partition coefficient (Wildman–Crippen LogP) is -0.0614. The molecule has 0 rings (SSSR count). The predicted molar refractivity (Wildman–Crippen MR) is 43.4 cm³/mol. The fourth-order valence-electron chi connectivity index (χ4n) is 0.732. The van der Waals surface area contributed by atoms with E-state index in [0.29, 0.717) is 0 Å². The number of rotatable bonds is 5. The lowest BCUT2D eigenvalue weighted by atomic mass is 9.93. The maximum absolute atomic E-state index is 12.2. The highest BCUT2D eigenvalue weighted by atomic mass is 19.3. The summed E-state index contributed by atoms with van der Waals surface area (Å²) in [5, 5.41) is 8.46. The number of carboxylic acid groups (broad SMARTS) is 1. The average Bonchev–Trinajstić information content (AvgIpc) is 2.03. The third kappa shape index (κ3) is 2.74. The number of aliphatic carboxylic acids is 1. The Bertz CT molecular complexity index is 221. The van der Waals surface area contributed by atoms with Gasteiger partial charge in [-0.25, -0.2) is 13.6 Å². The van der Waals surface area contributed by atoms with Crippen LogP contribution in [0.4, 0.5) is 8.78 Å². The van der Waals surface area contributed by atoms with Crippen LogP contribution in [0, 0.1) is 0 Å². The molecule has 1 atom stereocenters. The Morgan fingerprint density at radius 2 is 2.08 bits per heavy atom. The summed E-state index contributed by atoms with van der Waals surface area (Å²) in [6.45, 7) is 3.26. The fourth-order valence-corrected chi connectivity index (χ4v) is 0.732. The third-order valence-electron chi connectivity index (χ3n) is 1.62. The van der Waals surface area contributed by atoms with Crippen LogP contribution in [0.25, 0.3) is 0 Å². The molecule has 0 aliphatic heterocycles. The summed E-state index contributed by atoms with van der Waals surface area (Å²) in [6, 6.07) is 0. The van der Waals surface area contributed by atoms with Gasteiger partial charge in [-0.3, -0.25) is 0 Å². The minimum Gasteiger partial charge on any atom is -0.480 e. The number of nitrogens with two attached hydrogens (primary N) is 2. The topological polar surface area (TPSA) is 89.3 Å². The molecule has 0 aromatic carbocycles. The van der Waals surface area contributed by atoms with Crippen LogP contribution < -0.4 is 11.5 Å². The van der Waals surface area contributed by atoms with E-state index in [4.69, 9.17) is 16.6 Å². The van der Waals surface area contributed by atoms with E-state index in [0.717, 1.165) is 0 Å². The zero-order valence-corrected chi connectivity index (χ0v) is 6.96. The summed E-state index contributed by atoms with van der Waals surface area (Å²) in [7, 11) is 0. The van der Waals surface area contributed by atoms with Crippen LogP contribution in [-0.4, -0.2) is 29.6 Å². The van der Waals surface area contributed by atoms with Crippen molar-refractivity contribution in [2.45, 2.75) is 18.4 Å². The van der Waals surface area contributed by atoms with Gasteiger partial charge in [-0.15, -0.1) is 0 Å². The van der Waals surface area contributed by atoms with E-state index >= 15 is 0 Å². The molecule has 6 heteroatoms. The van der Waals surface area contributed by atoms with Crippen molar-refractivity contribution in [3.8, 4) is 0 Å². The van der Waals surface area contributed by atoms with Crippen molar-refractivity contribution >= 4 is 5.97 Å². The zero-order valence-electron chi connectivity index (χ0n) is 6.96. The number of halogens is 2. The van der Waals surface area contributed by atoms with Crippen LogP contribution in [0.5, 0.6) is 0 Å². The van der Waals surface area contributed by atoms with Gasteiger partial charge in [0.15, 0.2) is 5.54 Å². The van der Waals surface area contributed by atoms with Gasteiger partial charge in [0.1, 0.15) is 0 Å². The van der Waals surface area contributed by atoms with E-state index in [1.54, 1.807) is 0 Å². The van der Waals surface area contributed by atoms with E-state index in [1.807, 2.05) is 0 Å². The van der Waals surface area contributed by atoms with Crippen LogP contribution >= 0.6 is 0 Å². The first-order valence-electron chi connectivity index (χ1n) is 3.51. The Labute approximate surface area is 74.2 Å². The summed E-state index contributed by atoms with van der Waals surface area (Å²) in [6.07, 6.45) is -3.66. The Hall–Kier alpha value is -1.01. The summed E-state index contributed by atoms with van der Waals surface area (Å²) >= 11 is 0. The van der Waals surface area contributed by atoms with E-state index in [9.17, 15) is 13.6 Å². The Balaban J connectivity index is 4.61. The van der Waals surface area contributed by atoms with Crippen molar-refractivity contribution in [1.29, 1.82) is 0 Å². The van der Waals surface area contributed by atoms with Crippen molar-refractivity contribution in [3.63, 3.8) is 0 Å². The van der Waals surface area contributed by atoms with Crippen LogP contribution in [-0.2, 0) is 4.79 Å². The first kappa shape index (κ1) is 12.0. The summed E-state index contributed by atoms with van der Waals surface area (Å²) in [5.41, 5.74) is 7.69. The van der Waals surface area contributed by atoms with Gasteiger partial charge in [0.2, 0.25) is 0 Å². The van der Waals surface area contributed by atoms with Crippen molar-refractivity contribution in [3.05, 3.63) is 12.2 Å². The molecule has 0 aliphatic rings. The third-order valence-corrected chi connectivity index (χ3v) is 1.62. The lowest BCUT2D eigenvalue weighted by Crippen LogP contribution is -2.54. The molecular weight excluding hydrogens is 182 g/mol. The molecule has 1 unspecified atom stereocenters. The highest BCUT2D eigenvalue weighted by Gasteiger charge is 2.43. The second-order valence-corrected chi connectivity index (χ2v) is 2.78. The van der Waals surface area contributed by atoms with Gasteiger partial charge in [0.25, 0.3) is 6.43 Å². The van der Waals surface area contributed by atoms with E-state index < -0.39 is 24.4 Å². The number of alkyl halides is 2. The minimum absolute atomic E-state index is 0.0566. The molecule has 0 aliphatic carbocycles. The van der Waals surface area contributed by atoms with Gasteiger partial charge in [0.05, 0.1) is 0 Å². The molecule has 4 nitrogen and oxygen atoms in total. The molecule has 0 spiro atoms. The van der Waals surface area contributed by atoms with Gasteiger partial charge in [-0.2, -0.15) is 0 Å². The molecule has 76 valence electrons. The molecule has 0 saturated heterocycles. The van der Waals surface area contributed by atoms with Gasteiger partial charge < -0.3 is 16.6 Å². The van der Waals surface area contributed by atoms with Crippen molar-refractivity contribution in [2.75, 3.05) is 6.54 Å². The van der Waals surface area contributed by atoms with Gasteiger partial charge in [-0.1, -0.05) is 12.2 Å². The smallest absolute Gasteiger partial charge is 0.330 e. The van der Waals surface area contributed by atoms with Gasteiger partial charge in [0, 0.05) is 13.0 Å². The van der Waals surface area contributed by atoms with Crippen molar-refractivity contribution in [2.24, 2.45) is 11.5 Å². The molecule has 0 heterocycles. The quantitative estimate of drug-likeness (QED) is 0.535. The van der Waals surface area contributed by atoms with Crippen LogP contribution in [0.3, 0.4) is 0 Å². The highest BCUT2D eigenvalue weighted by molar-refractivity contribution is 5.79. The summed E-state index contributed by atoms with van der Waals surface area (Å²) in [5.74, 6) is -1.75. The second-order valence-electron chi connectivity index (χ2n) is 2.78. The number of hydrogen-bond donors (Lipinski definition) is 3. The molecule has 0 amide bonds. The molecular formula is C7H12F2N2O2. The molecule has 0 bridgehead atoms. The number of carboxylic acids is 1. The lowest BCUT2D eigenvalue weighted by Gasteiger charge is -2.24. The Kier molecular flexibility index (Phi) is 3.96. The zero-order chi connectivity index (χ0) is 10.6. The standard InChI is InChI=1S/C7H12F2N2O2/c1-4(3-10)2-7(11,5(8)9)6(12)13/h5H,1-3,10-11H2,(H,12,13). The van der Waals surface area contributed by atoms with Gasteiger partial charge >= 0.3 is 5.97 Å². The van der Waals surface area contributed by atoms with Crippen LogP contribution in [0.15, 0.2) is 12.2 Å². The monoisotopic (exact) mass is 194 g/mol. The largest absolute Gasteiger partial charge is 0.480 e. The Morgan fingerprint density at radius 1 is 1.62 bits per heavy atom. The fraction of sp³-hybridized carbons (Fsp3) is 0.571. The van der Waals surface area contributed by atoms with Crippen molar-refractivity contribution < 1.29 is 18.7 Å². The molecule has 0 radical (unpaired) electrons. The maximum Gasteiger partial charge on any atom is 0.330 e. The molecule has 0 aromatic heterocycles. The SMILES string of the molecule is C=C(CN)CC(N)(C(=O)O)C(F)F. The Morgan fingerprint density at radius 3 is 2.31 bits per heavy atom. The lowest BCUT2D eigenvalue weighted by molar-refractivity contribution is -0.149. The van der Waals surface area contributed by atoms with Gasteiger partial charge in [-0.05, 0) is 0 Å². The molecule has 5 N–H and O–H groups in total. The molecule has 0 fully saturated rings. The summed E-state index contributed by atoms with van der Waals surface area (Å²) in [4.78, 5) is 10.4. The van der Waals surface area contributed by atoms with E-state index in [-0.39, 0.29) is 12.1 Å².